The molecule has 0 amide bonds. The van der Waals surface area contributed by atoms with E-state index < -0.39 is 0 Å². The summed E-state index contributed by atoms with van der Waals surface area (Å²) in [5, 5.41) is 7.65. The molecule has 1 saturated carbocycles. The number of aromatic nitrogens is 2. The maximum Gasteiger partial charge on any atom is 0.191 e. The lowest BCUT2D eigenvalue weighted by molar-refractivity contribution is 0.641. The lowest BCUT2D eigenvalue weighted by atomic mass is 9.96. The largest absolute Gasteiger partial charge is 0.356 e. The number of aliphatic imine (C=N–C) groups is 1. The molecule has 1 aromatic heterocycles. The number of halogens is 2. The van der Waals surface area contributed by atoms with E-state index in [1.165, 1.54) is 18.4 Å². The van der Waals surface area contributed by atoms with Crippen molar-refractivity contribution in [3.8, 4) is 0 Å². The molecule has 2 aromatic carbocycles. The molecule has 0 aliphatic heterocycles. The smallest absolute Gasteiger partial charge is 0.191 e. The molecule has 3 aromatic rings. The Morgan fingerprint density at radius 3 is 2.64 bits per heavy atom. The molecule has 148 valence electrons. The molecular formula is C21H25ClIN5. The molecule has 0 atom stereocenters. The van der Waals surface area contributed by atoms with Crippen LogP contribution >= 0.6 is 35.6 Å². The van der Waals surface area contributed by atoms with E-state index in [1.807, 2.05) is 37.4 Å². The highest BCUT2D eigenvalue weighted by Gasteiger charge is 2.44. The number of guanidine groups is 1. The fraction of sp³-hybridized carbons (Fsp3) is 0.333. The number of rotatable bonds is 5. The zero-order valence-corrected chi connectivity index (χ0v) is 19.2. The fourth-order valence-corrected chi connectivity index (χ4v) is 3.72. The van der Waals surface area contributed by atoms with E-state index in [4.69, 9.17) is 16.6 Å². The Labute approximate surface area is 187 Å². The zero-order chi connectivity index (χ0) is 18.9. The molecule has 1 aliphatic carbocycles. The highest BCUT2D eigenvalue weighted by atomic mass is 127. The van der Waals surface area contributed by atoms with Gasteiger partial charge in [-0.25, -0.2) is 4.98 Å². The van der Waals surface area contributed by atoms with Crippen LogP contribution in [0.4, 0.5) is 0 Å². The van der Waals surface area contributed by atoms with E-state index in [9.17, 15) is 0 Å². The third-order valence-corrected chi connectivity index (χ3v) is 5.64. The summed E-state index contributed by atoms with van der Waals surface area (Å²) in [5.74, 6) is 1.77. The first-order valence-electron chi connectivity index (χ1n) is 9.22. The third kappa shape index (κ3) is 4.27. The Kier molecular flexibility index (Phi) is 6.50. The van der Waals surface area contributed by atoms with Gasteiger partial charge in [0.15, 0.2) is 5.96 Å². The number of para-hydroxylation sites is 2. The number of nitrogens with zero attached hydrogens (tertiary/aromatic N) is 3. The van der Waals surface area contributed by atoms with E-state index in [0.717, 1.165) is 34.4 Å². The normalized spacial score (nSPS) is 15.2. The monoisotopic (exact) mass is 509 g/mol. The van der Waals surface area contributed by atoms with Crippen LogP contribution in [-0.2, 0) is 19.0 Å². The molecule has 0 saturated heterocycles. The summed E-state index contributed by atoms with van der Waals surface area (Å²) < 4.78 is 2.12. The molecule has 1 aliphatic rings. The average Bonchev–Trinajstić information content (AvgIpc) is 3.41. The van der Waals surface area contributed by atoms with Crippen molar-refractivity contribution in [2.45, 2.75) is 24.8 Å². The third-order valence-electron chi connectivity index (χ3n) is 5.40. The lowest BCUT2D eigenvalue weighted by Crippen LogP contribution is -2.41. The zero-order valence-electron chi connectivity index (χ0n) is 16.1. The van der Waals surface area contributed by atoms with E-state index in [1.54, 1.807) is 7.05 Å². The summed E-state index contributed by atoms with van der Waals surface area (Å²) in [6.07, 6.45) is 2.34. The number of fused-ring (bicyclic) bond motifs is 1. The summed E-state index contributed by atoms with van der Waals surface area (Å²) in [7, 11) is 3.84. The highest BCUT2D eigenvalue weighted by molar-refractivity contribution is 14.0. The minimum atomic E-state index is 0. The fourth-order valence-electron chi connectivity index (χ4n) is 3.53. The molecule has 0 spiro atoms. The van der Waals surface area contributed by atoms with Crippen LogP contribution in [0.3, 0.4) is 0 Å². The summed E-state index contributed by atoms with van der Waals surface area (Å²) in [6, 6.07) is 16.4. The molecular weight excluding hydrogens is 485 g/mol. The van der Waals surface area contributed by atoms with Crippen LogP contribution in [0.15, 0.2) is 53.5 Å². The molecule has 4 rings (SSSR count). The summed E-state index contributed by atoms with van der Waals surface area (Å²) in [6.45, 7) is 1.46. The van der Waals surface area contributed by atoms with Crippen molar-refractivity contribution in [3.05, 3.63) is 64.9 Å². The van der Waals surface area contributed by atoms with Gasteiger partial charge in [0.1, 0.15) is 5.82 Å². The number of imidazole rings is 1. The molecule has 1 fully saturated rings. The summed E-state index contributed by atoms with van der Waals surface area (Å²) in [5.41, 5.74) is 3.61. The van der Waals surface area contributed by atoms with Crippen LogP contribution in [0.5, 0.6) is 0 Å². The summed E-state index contributed by atoms with van der Waals surface area (Å²) >= 11 is 6.17. The number of nitrogens with one attached hydrogen (secondary N) is 2. The van der Waals surface area contributed by atoms with Crippen molar-refractivity contribution in [1.29, 1.82) is 0 Å². The molecule has 28 heavy (non-hydrogen) atoms. The van der Waals surface area contributed by atoms with Gasteiger partial charge in [-0.3, -0.25) is 4.99 Å². The van der Waals surface area contributed by atoms with Crippen LogP contribution in [0.25, 0.3) is 11.0 Å². The SMILES string of the molecule is CN=C(NCc1nc2ccccc2n1C)NCC1(c2cccc(Cl)c2)CC1.I. The Morgan fingerprint density at radius 1 is 1.18 bits per heavy atom. The van der Waals surface area contributed by atoms with Crippen molar-refractivity contribution < 1.29 is 0 Å². The number of benzene rings is 2. The Hall–Kier alpha value is -1.80. The van der Waals surface area contributed by atoms with Gasteiger partial charge in [-0.05, 0) is 42.7 Å². The minimum Gasteiger partial charge on any atom is -0.356 e. The van der Waals surface area contributed by atoms with Gasteiger partial charge in [0.2, 0.25) is 0 Å². The number of hydrogen-bond donors (Lipinski definition) is 2. The van der Waals surface area contributed by atoms with Gasteiger partial charge < -0.3 is 15.2 Å². The number of aryl methyl sites for hydroxylation is 1. The van der Waals surface area contributed by atoms with Gasteiger partial charge in [-0.2, -0.15) is 0 Å². The first-order valence-corrected chi connectivity index (χ1v) is 9.60. The molecule has 5 nitrogen and oxygen atoms in total. The molecule has 0 bridgehead atoms. The minimum absolute atomic E-state index is 0. The second-order valence-electron chi connectivity index (χ2n) is 7.15. The predicted octanol–water partition coefficient (Wildman–Crippen LogP) is 4.24. The van der Waals surface area contributed by atoms with Gasteiger partial charge in [0.25, 0.3) is 0 Å². The van der Waals surface area contributed by atoms with Crippen molar-refractivity contribution in [2.75, 3.05) is 13.6 Å². The maximum atomic E-state index is 6.17. The molecule has 0 unspecified atom stereocenters. The molecule has 2 N–H and O–H groups in total. The van der Waals surface area contributed by atoms with E-state index in [2.05, 4.69) is 38.4 Å². The van der Waals surface area contributed by atoms with E-state index >= 15 is 0 Å². The first kappa shape index (κ1) is 20.9. The number of hydrogen-bond acceptors (Lipinski definition) is 2. The van der Waals surface area contributed by atoms with E-state index in [0.29, 0.717) is 6.54 Å². The Morgan fingerprint density at radius 2 is 1.96 bits per heavy atom. The average molecular weight is 510 g/mol. The standard InChI is InChI=1S/C21H24ClN5.HI/c1-23-20(24-13-19-26-17-8-3-4-9-18(17)27(19)2)25-14-21(10-11-21)15-6-5-7-16(22)12-15;/h3-9,12H,10-11,13-14H2,1-2H3,(H2,23,24,25);1H. The van der Waals surface area contributed by atoms with Crippen molar-refractivity contribution >= 4 is 52.6 Å². The second-order valence-corrected chi connectivity index (χ2v) is 7.58. The topological polar surface area (TPSA) is 54.2 Å². The molecule has 7 heteroatoms. The van der Waals surface area contributed by atoms with Gasteiger partial charge >= 0.3 is 0 Å². The van der Waals surface area contributed by atoms with Crippen LogP contribution in [-0.4, -0.2) is 29.1 Å². The quantitative estimate of drug-likeness (QED) is 0.307. The van der Waals surface area contributed by atoms with Crippen LogP contribution in [0, 0.1) is 0 Å². The molecule has 1 heterocycles. The van der Waals surface area contributed by atoms with Gasteiger partial charge in [0, 0.05) is 31.1 Å². The predicted molar refractivity (Wildman–Crippen MR) is 127 cm³/mol. The van der Waals surface area contributed by atoms with Crippen LogP contribution in [0.1, 0.15) is 24.2 Å². The van der Waals surface area contributed by atoms with Gasteiger partial charge in [0.05, 0.1) is 17.6 Å². The van der Waals surface area contributed by atoms with E-state index in [-0.39, 0.29) is 29.4 Å². The summed E-state index contributed by atoms with van der Waals surface area (Å²) in [4.78, 5) is 9.06. The van der Waals surface area contributed by atoms with Gasteiger partial charge in [-0.1, -0.05) is 35.9 Å². The van der Waals surface area contributed by atoms with Gasteiger partial charge in [-0.15, -0.1) is 24.0 Å². The van der Waals surface area contributed by atoms with Crippen molar-refractivity contribution in [2.24, 2.45) is 12.0 Å². The maximum absolute atomic E-state index is 6.17. The lowest BCUT2D eigenvalue weighted by Gasteiger charge is -2.19. The second kappa shape index (κ2) is 8.69. The van der Waals surface area contributed by atoms with Crippen LogP contribution in [0.2, 0.25) is 5.02 Å². The first-order chi connectivity index (χ1) is 13.1. The van der Waals surface area contributed by atoms with Crippen molar-refractivity contribution in [1.82, 2.24) is 20.2 Å². The Balaban J connectivity index is 0.00000225. The molecule has 0 radical (unpaired) electrons. The highest BCUT2D eigenvalue weighted by Crippen LogP contribution is 2.48. The Bertz CT molecular complexity index is 993. The van der Waals surface area contributed by atoms with Crippen LogP contribution < -0.4 is 10.6 Å². The van der Waals surface area contributed by atoms with Crippen molar-refractivity contribution in [3.63, 3.8) is 0 Å².